The summed E-state index contributed by atoms with van der Waals surface area (Å²) in [5.74, 6) is 0.739. The van der Waals surface area contributed by atoms with Crippen molar-refractivity contribution in [3.8, 4) is 0 Å². The van der Waals surface area contributed by atoms with Gasteiger partial charge in [0.1, 0.15) is 10.1 Å². The van der Waals surface area contributed by atoms with Crippen molar-refractivity contribution in [3.63, 3.8) is 0 Å². The number of benzene rings is 3. The van der Waals surface area contributed by atoms with Crippen molar-refractivity contribution in [1.29, 1.82) is 0 Å². The first kappa shape index (κ1) is 23.9. The van der Waals surface area contributed by atoms with Crippen molar-refractivity contribution >= 4 is 21.7 Å². The van der Waals surface area contributed by atoms with Crippen LogP contribution in [0, 0.1) is 20.0 Å². The summed E-state index contributed by atoms with van der Waals surface area (Å²) >= 11 is 5.45. The minimum Gasteiger partial charge on any atom is -0.744 e. The first-order valence-corrected chi connectivity index (χ1v) is 13.1. The number of rotatable bonds is 5. The predicted octanol–water partition coefficient (Wildman–Crippen LogP) is 2.57. The second-order valence-corrected chi connectivity index (χ2v) is 11.9. The van der Waals surface area contributed by atoms with Gasteiger partial charge in [-0.15, -0.1) is 0 Å². The highest BCUT2D eigenvalue weighted by atomic mass is 127. The minimum absolute atomic E-state index is 0.0179. The molecule has 0 saturated carbocycles. The van der Waals surface area contributed by atoms with Crippen LogP contribution >= 0.6 is 11.6 Å². The van der Waals surface area contributed by atoms with Crippen LogP contribution in [0.25, 0.3) is 0 Å². The van der Waals surface area contributed by atoms with E-state index in [0.717, 1.165) is 5.92 Å². The molecule has 0 unspecified atom stereocenters. The lowest BCUT2D eigenvalue weighted by Crippen LogP contribution is -3.61. The van der Waals surface area contributed by atoms with Crippen molar-refractivity contribution in [2.24, 2.45) is 5.92 Å². The number of hydrogen-bond donors (Lipinski definition) is 0. The van der Waals surface area contributed by atoms with Gasteiger partial charge in [0.15, 0.2) is 7.14 Å². The molecule has 0 spiro atoms. The quantitative estimate of drug-likeness (QED) is 0.368. The van der Waals surface area contributed by atoms with Gasteiger partial charge in [-0.25, -0.2) is 8.42 Å². The van der Waals surface area contributed by atoms with E-state index < -0.39 is 10.1 Å². The molecule has 0 N–H and O–H groups in total. The molecule has 3 aromatic carbocycles. The Morgan fingerprint density at radius 1 is 0.862 bits per heavy atom. The number of halogens is 2. The lowest BCUT2D eigenvalue weighted by atomic mass is 10.0. The molecular weight excluding hydrogens is 519 g/mol. The lowest BCUT2D eigenvalue weighted by molar-refractivity contribution is -0.597. The Morgan fingerprint density at radius 2 is 1.34 bits per heavy atom. The molecular formula is C23H24ClIO3S. The average Bonchev–Trinajstić information content (AvgIpc) is 2.65. The maximum absolute atomic E-state index is 10.3. The van der Waals surface area contributed by atoms with Crippen LogP contribution in [0.4, 0.5) is 0 Å². The molecule has 29 heavy (non-hydrogen) atoms. The van der Waals surface area contributed by atoms with Gasteiger partial charge < -0.3 is 4.55 Å². The second-order valence-electron chi connectivity index (χ2n) is 7.02. The van der Waals surface area contributed by atoms with Gasteiger partial charge in [-0.1, -0.05) is 55.3 Å². The van der Waals surface area contributed by atoms with Crippen LogP contribution in [0.5, 0.6) is 0 Å². The fraction of sp³-hybridized carbons (Fsp3) is 0.217. The van der Waals surface area contributed by atoms with Crippen molar-refractivity contribution in [2.45, 2.75) is 32.1 Å². The fourth-order valence-electron chi connectivity index (χ4n) is 2.48. The Hall–Kier alpha value is -1.41. The molecule has 3 aromatic rings. The summed E-state index contributed by atoms with van der Waals surface area (Å²) in [4.78, 5) is -0.262. The summed E-state index contributed by atoms with van der Waals surface area (Å²) in [7, 11) is -4.33. The molecule has 0 aliphatic rings. The summed E-state index contributed by atoms with van der Waals surface area (Å²) in [5, 5.41) is 0.400. The lowest BCUT2D eigenvalue weighted by Gasteiger charge is -2.05. The van der Waals surface area contributed by atoms with E-state index in [1.807, 2.05) is 0 Å². The third kappa shape index (κ3) is 8.86. The van der Waals surface area contributed by atoms with Gasteiger partial charge in [0.25, 0.3) is 0 Å². The van der Waals surface area contributed by atoms with Gasteiger partial charge in [0.05, 0.1) is 4.90 Å². The zero-order valence-electron chi connectivity index (χ0n) is 16.6. The zero-order valence-corrected chi connectivity index (χ0v) is 20.3. The van der Waals surface area contributed by atoms with E-state index in [0.29, 0.717) is 5.02 Å². The standard InChI is InChI=1S/C17H20I.C6H5ClO3S/c1-13(2)12-15-6-10-17(11-7-15)18-16-8-4-14(3)5-9-16;7-5-1-3-6(4-2-5)11(8,9)10/h4-11,13H,12H2,1-3H3;1-4H,(H,8,9,10)/q+1;/p-1. The van der Waals surface area contributed by atoms with Crippen molar-refractivity contribution in [1.82, 2.24) is 0 Å². The van der Waals surface area contributed by atoms with Crippen molar-refractivity contribution in [3.05, 3.63) is 96.1 Å². The Morgan fingerprint density at radius 3 is 1.79 bits per heavy atom. The number of aryl methyl sites for hydroxylation is 1. The predicted molar refractivity (Wildman–Crippen MR) is 113 cm³/mol. The van der Waals surface area contributed by atoms with Crippen LogP contribution in [0.3, 0.4) is 0 Å². The molecule has 0 fully saturated rings. The van der Waals surface area contributed by atoms with Crippen LogP contribution in [0.2, 0.25) is 5.02 Å². The maximum Gasteiger partial charge on any atom is 0.357 e. The van der Waals surface area contributed by atoms with E-state index in [-0.39, 0.29) is 26.1 Å². The minimum atomic E-state index is -4.33. The van der Waals surface area contributed by atoms with E-state index in [1.165, 1.54) is 49.0 Å². The first-order valence-electron chi connectivity index (χ1n) is 9.15. The van der Waals surface area contributed by atoms with Crippen molar-refractivity contribution < 1.29 is 34.2 Å². The third-order valence-electron chi connectivity index (χ3n) is 3.89. The van der Waals surface area contributed by atoms with Gasteiger partial charge in [-0.2, -0.15) is 0 Å². The molecule has 0 atom stereocenters. The average molecular weight is 543 g/mol. The van der Waals surface area contributed by atoms with Crippen LogP contribution in [0.1, 0.15) is 25.0 Å². The van der Waals surface area contributed by atoms with Crippen LogP contribution < -0.4 is 21.2 Å². The molecule has 0 bridgehead atoms. The summed E-state index contributed by atoms with van der Waals surface area (Å²) in [6.45, 7) is 6.68. The van der Waals surface area contributed by atoms with Gasteiger partial charge in [-0.3, -0.25) is 0 Å². The van der Waals surface area contributed by atoms with Crippen LogP contribution in [0.15, 0.2) is 77.7 Å². The van der Waals surface area contributed by atoms with E-state index in [4.69, 9.17) is 11.6 Å². The highest BCUT2D eigenvalue weighted by molar-refractivity contribution is 7.85. The molecule has 154 valence electrons. The van der Waals surface area contributed by atoms with Crippen LogP contribution in [-0.2, 0) is 16.5 Å². The van der Waals surface area contributed by atoms with E-state index >= 15 is 0 Å². The molecule has 3 nitrogen and oxygen atoms in total. The molecule has 0 aromatic heterocycles. The Balaban J connectivity index is 0.000000234. The molecule has 0 aliphatic heterocycles. The summed E-state index contributed by atoms with van der Waals surface area (Å²) < 4.78 is 34.0. The fourth-order valence-corrected chi connectivity index (χ4v) is 5.23. The monoisotopic (exact) mass is 542 g/mol. The van der Waals surface area contributed by atoms with Crippen molar-refractivity contribution in [2.75, 3.05) is 0 Å². The third-order valence-corrected chi connectivity index (χ3v) is 7.67. The van der Waals surface area contributed by atoms with Gasteiger partial charge >= 0.3 is 21.2 Å². The van der Waals surface area contributed by atoms with Gasteiger partial charge in [0, 0.05) is 5.02 Å². The van der Waals surface area contributed by atoms with E-state index in [9.17, 15) is 13.0 Å². The topological polar surface area (TPSA) is 57.2 Å². The molecule has 6 heteroatoms. The highest BCUT2D eigenvalue weighted by Crippen LogP contribution is 2.13. The first-order chi connectivity index (χ1) is 13.6. The van der Waals surface area contributed by atoms with E-state index in [1.54, 1.807) is 0 Å². The Labute approximate surface area is 189 Å². The van der Waals surface area contributed by atoms with E-state index in [2.05, 4.69) is 69.3 Å². The maximum atomic E-state index is 10.3. The Kier molecular flexibility index (Phi) is 9.14. The summed E-state index contributed by atoms with van der Waals surface area (Å²) in [5.41, 5.74) is 2.80. The molecule has 0 heterocycles. The SMILES string of the molecule is Cc1ccc([I+]c2ccc(CC(C)C)cc2)cc1.O=S(=O)([O-])c1ccc(Cl)cc1. The molecule has 3 rings (SSSR count). The second kappa shape index (κ2) is 11.1. The highest BCUT2D eigenvalue weighted by Gasteiger charge is 2.14. The smallest absolute Gasteiger partial charge is 0.357 e. The van der Waals surface area contributed by atoms with Crippen LogP contribution in [-0.4, -0.2) is 13.0 Å². The zero-order chi connectivity index (χ0) is 21.4. The summed E-state index contributed by atoms with van der Waals surface area (Å²) in [6.07, 6.45) is 1.18. The van der Waals surface area contributed by atoms with Gasteiger partial charge in [0.2, 0.25) is 0 Å². The largest absolute Gasteiger partial charge is 0.744 e. The number of hydrogen-bond acceptors (Lipinski definition) is 3. The normalized spacial score (nSPS) is 11.1. The molecule has 0 radical (unpaired) electrons. The van der Waals surface area contributed by atoms with Gasteiger partial charge in [-0.05, 0) is 73.4 Å². The Bertz CT molecular complexity index is 997. The molecule has 0 aliphatic carbocycles. The molecule has 0 amide bonds. The summed E-state index contributed by atoms with van der Waals surface area (Å²) in [6, 6.07) is 23.2. The molecule has 0 saturated heterocycles.